The maximum absolute atomic E-state index is 9.56. The molecule has 8 heteroatoms. The Morgan fingerprint density at radius 2 is 2.00 bits per heavy atom. The molecular weight excluding hydrogens is 432 g/mol. The Labute approximate surface area is 175 Å². The van der Waals surface area contributed by atoms with Crippen molar-refractivity contribution in [2.24, 2.45) is 0 Å². The van der Waals surface area contributed by atoms with E-state index in [1.54, 1.807) is 18.5 Å². The zero-order valence-electron chi connectivity index (χ0n) is 15.6. The lowest BCUT2D eigenvalue weighted by Gasteiger charge is -2.08. The SMILES string of the molecule is CCCc1cc2c(C#N)c(C#N)ccc2n1Cc1nnc(-c2cncc(Br)c2)o1. The first kappa shape index (κ1) is 18.9. The van der Waals surface area contributed by atoms with Crippen LogP contribution in [0.15, 0.2) is 45.5 Å². The van der Waals surface area contributed by atoms with Crippen molar-refractivity contribution in [3.05, 3.63) is 63.8 Å². The van der Waals surface area contributed by atoms with Crippen LogP contribution in [0.3, 0.4) is 0 Å². The fourth-order valence-electron chi connectivity index (χ4n) is 3.35. The fraction of sp³-hybridized carbons (Fsp3) is 0.190. The Balaban J connectivity index is 1.77. The van der Waals surface area contributed by atoms with E-state index in [2.05, 4.69) is 54.7 Å². The molecule has 29 heavy (non-hydrogen) atoms. The number of hydrogen-bond donors (Lipinski definition) is 0. The summed E-state index contributed by atoms with van der Waals surface area (Å²) in [5, 5.41) is 28.0. The molecule has 7 nitrogen and oxygen atoms in total. The smallest absolute Gasteiger partial charge is 0.249 e. The molecule has 0 spiro atoms. The summed E-state index contributed by atoms with van der Waals surface area (Å²) in [6.07, 6.45) is 5.13. The second-order valence-corrected chi connectivity index (χ2v) is 7.42. The standard InChI is InChI=1S/C21H15BrN6O/c1-2-3-16-7-17-18(9-24)13(8-23)4-5-19(17)28(16)12-20-26-27-21(29-20)14-6-15(22)11-25-10-14/h4-7,10-11H,2-3,12H2,1H3. The van der Waals surface area contributed by atoms with Crippen molar-refractivity contribution in [1.29, 1.82) is 10.5 Å². The van der Waals surface area contributed by atoms with Gasteiger partial charge in [-0.05, 0) is 46.6 Å². The van der Waals surface area contributed by atoms with E-state index in [4.69, 9.17) is 4.42 Å². The Hall–Kier alpha value is -3.49. The molecule has 0 radical (unpaired) electrons. The maximum atomic E-state index is 9.56. The van der Waals surface area contributed by atoms with Crippen molar-refractivity contribution >= 4 is 26.8 Å². The summed E-state index contributed by atoms with van der Waals surface area (Å²) >= 11 is 3.39. The van der Waals surface area contributed by atoms with Gasteiger partial charge in [0.05, 0.1) is 22.2 Å². The molecule has 0 aliphatic rings. The summed E-state index contributed by atoms with van der Waals surface area (Å²) in [5.74, 6) is 0.851. The van der Waals surface area contributed by atoms with Gasteiger partial charge in [-0.15, -0.1) is 10.2 Å². The van der Waals surface area contributed by atoms with Crippen LogP contribution in [0.25, 0.3) is 22.4 Å². The highest BCUT2D eigenvalue weighted by molar-refractivity contribution is 9.10. The molecule has 0 saturated carbocycles. The third-order valence-corrected chi connectivity index (χ3v) is 5.06. The number of pyridine rings is 1. The van der Waals surface area contributed by atoms with E-state index in [1.807, 2.05) is 18.2 Å². The van der Waals surface area contributed by atoms with Crippen LogP contribution in [-0.2, 0) is 13.0 Å². The average molecular weight is 447 g/mol. The van der Waals surface area contributed by atoms with Crippen LogP contribution in [0, 0.1) is 22.7 Å². The van der Waals surface area contributed by atoms with Crippen LogP contribution in [0.2, 0.25) is 0 Å². The van der Waals surface area contributed by atoms with Gasteiger partial charge in [-0.3, -0.25) is 4.98 Å². The highest BCUT2D eigenvalue weighted by atomic mass is 79.9. The first-order valence-electron chi connectivity index (χ1n) is 9.03. The second kappa shape index (κ2) is 7.86. The molecule has 0 unspecified atom stereocenters. The van der Waals surface area contributed by atoms with E-state index in [1.165, 1.54) is 0 Å². The Kier molecular flexibility index (Phi) is 5.11. The van der Waals surface area contributed by atoms with Gasteiger partial charge < -0.3 is 8.98 Å². The van der Waals surface area contributed by atoms with Gasteiger partial charge in [-0.1, -0.05) is 13.3 Å². The lowest BCUT2D eigenvalue weighted by atomic mass is 10.0. The van der Waals surface area contributed by atoms with Crippen molar-refractivity contribution in [2.75, 3.05) is 0 Å². The van der Waals surface area contributed by atoms with Gasteiger partial charge in [0.2, 0.25) is 11.8 Å². The largest absolute Gasteiger partial charge is 0.419 e. The molecule has 0 atom stereocenters. The van der Waals surface area contributed by atoms with Crippen molar-refractivity contribution in [3.63, 3.8) is 0 Å². The molecule has 0 amide bonds. The number of rotatable bonds is 5. The molecule has 0 aliphatic heterocycles. The molecule has 0 bridgehead atoms. The number of halogens is 1. The summed E-state index contributed by atoms with van der Waals surface area (Å²) < 4.78 is 8.75. The zero-order valence-corrected chi connectivity index (χ0v) is 17.1. The van der Waals surface area contributed by atoms with Crippen molar-refractivity contribution in [1.82, 2.24) is 19.7 Å². The molecule has 4 rings (SSSR count). The summed E-state index contributed by atoms with van der Waals surface area (Å²) in [5.41, 5.74) is 3.43. The number of aryl methyl sites for hydroxylation is 1. The van der Waals surface area contributed by atoms with Crippen LogP contribution in [0.1, 0.15) is 36.1 Å². The number of hydrogen-bond acceptors (Lipinski definition) is 6. The van der Waals surface area contributed by atoms with E-state index in [0.29, 0.717) is 29.5 Å². The minimum atomic E-state index is 0.377. The lowest BCUT2D eigenvalue weighted by Crippen LogP contribution is -2.04. The van der Waals surface area contributed by atoms with Crippen LogP contribution < -0.4 is 0 Å². The monoisotopic (exact) mass is 446 g/mol. The predicted molar refractivity (Wildman–Crippen MR) is 110 cm³/mol. The van der Waals surface area contributed by atoms with E-state index in [-0.39, 0.29) is 0 Å². The first-order chi connectivity index (χ1) is 14.1. The van der Waals surface area contributed by atoms with E-state index < -0.39 is 0 Å². The third kappa shape index (κ3) is 3.51. The maximum Gasteiger partial charge on any atom is 0.249 e. The van der Waals surface area contributed by atoms with E-state index in [9.17, 15) is 10.5 Å². The van der Waals surface area contributed by atoms with E-state index in [0.717, 1.165) is 39.5 Å². The van der Waals surface area contributed by atoms with Gasteiger partial charge in [0.25, 0.3) is 0 Å². The zero-order chi connectivity index (χ0) is 20.4. The minimum Gasteiger partial charge on any atom is -0.419 e. The molecule has 3 heterocycles. The predicted octanol–water partition coefficient (Wildman–Crippen LogP) is 4.59. The summed E-state index contributed by atoms with van der Waals surface area (Å²) in [6.45, 7) is 2.48. The molecule has 0 saturated heterocycles. The fourth-order valence-corrected chi connectivity index (χ4v) is 3.72. The highest BCUT2D eigenvalue weighted by Crippen LogP contribution is 2.28. The van der Waals surface area contributed by atoms with Crippen LogP contribution in [0.5, 0.6) is 0 Å². The van der Waals surface area contributed by atoms with Gasteiger partial charge in [0.15, 0.2) is 0 Å². The Morgan fingerprint density at radius 1 is 1.14 bits per heavy atom. The number of nitriles is 2. The van der Waals surface area contributed by atoms with E-state index >= 15 is 0 Å². The molecule has 4 aromatic rings. The Bertz CT molecular complexity index is 1290. The molecule has 0 N–H and O–H groups in total. The van der Waals surface area contributed by atoms with Crippen molar-refractivity contribution in [2.45, 2.75) is 26.3 Å². The normalized spacial score (nSPS) is 10.8. The second-order valence-electron chi connectivity index (χ2n) is 6.51. The lowest BCUT2D eigenvalue weighted by molar-refractivity contribution is 0.487. The summed E-state index contributed by atoms with van der Waals surface area (Å²) in [4.78, 5) is 4.12. The molecule has 1 aromatic carbocycles. The molecular formula is C21H15BrN6O. The van der Waals surface area contributed by atoms with Crippen LogP contribution >= 0.6 is 15.9 Å². The van der Waals surface area contributed by atoms with Gasteiger partial charge in [-0.2, -0.15) is 10.5 Å². The number of benzene rings is 1. The van der Waals surface area contributed by atoms with Crippen LogP contribution in [0.4, 0.5) is 0 Å². The molecule has 3 aromatic heterocycles. The number of aromatic nitrogens is 4. The number of nitrogens with zero attached hydrogens (tertiary/aromatic N) is 6. The van der Waals surface area contributed by atoms with Gasteiger partial charge in [0, 0.05) is 27.9 Å². The number of fused-ring (bicyclic) bond motifs is 1. The van der Waals surface area contributed by atoms with Gasteiger partial charge >= 0.3 is 0 Å². The van der Waals surface area contributed by atoms with Gasteiger partial charge in [0.1, 0.15) is 18.7 Å². The topological polar surface area (TPSA) is 104 Å². The summed E-state index contributed by atoms with van der Waals surface area (Å²) in [6, 6.07) is 11.6. The quantitative estimate of drug-likeness (QED) is 0.443. The molecule has 0 fully saturated rings. The minimum absolute atomic E-state index is 0.377. The van der Waals surface area contributed by atoms with Crippen molar-refractivity contribution < 1.29 is 4.42 Å². The van der Waals surface area contributed by atoms with Crippen LogP contribution in [-0.4, -0.2) is 19.7 Å². The summed E-state index contributed by atoms with van der Waals surface area (Å²) in [7, 11) is 0. The third-order valence-electron chi connectivity index (χ3n) is 4.62. The van der Waals surface area contributed by atoms with Crippen molar-refractivity contribution in [3.8, 4) is 23.6 Å². The average Bonchev–Trinajstić information content (AvgIpc) is 3.33. The first-order valence-corrected chi connectivity index (χ1v) is 9.82. The highest BCUT2D eigenvalue weighted by Gasteiger charge is 2.17. The van der Waals surface area contributed by atoms with Gasteiger partial charge in [-0.25, -0.2) is 0 Å². The molecule has 142 valence electrons. The molecule has 0 aliphatic carbocycles. The Morgan fingerprint density at radius 3 is 2.72 bits per heavy atom.